The van der Waals surface area contributed by atoms with E-state index >= 15 is 0 Å². The SMILES string of the molecule is O=S(=O)(c1ccc(N=Cc2ccc3cc(OCC4CO4)ccc3c2)cc1)c1ccc(N=Cc2ccc3cc(OCC4CO4)ccc3c2)cc1. The van der Waals surface area contributed by atoms with E-state index in [1.165, 1.54) is 0 Å². The fourth-order valence-electron chi connectivity index (χ4n) is 5.39. The third-order valence-corrected chi connectivity index (χ3v) is 10.2. The maximum atomic E-state index is 13.4. The van der Waals surface area contributed by atoms with Crippen LogP contribution in [0.3, 0.4) is 0 Å². The average Bonchev–Trinajstić information content (AvgIpc) is 4.08. The molecule has 244 valence electrons. The number of nitrogens with zero attached hydrogens (tertiary/aromatic N) is 2. The number of hydrogen-bond acceptors (Lipinski definition) is 8. The van der Waals surface area contributed by atoms with Crippen molar-refractivity contribution in [2.45, 2.75) is 22.0 Å². The molecule has 0 bridgehead atoms. The minimum absolute atomic E-state index is 0.199. The van der Waals surface area contributed by atoms with Gasteiger partial charge in [-0.25, -0.2) is 8.42 Å². The fourth-order valence-corrected chi connectivity index (χ4v) is 6.65. The van der Waals surface area contributed by atoms with Gasteiger partial charge in [-0.3, -0.25) is 9.98 Å². The molecular weight excluding hydrogens is 637 g/mol. The molecule has 9 heteroatoms. The lowest BCUT2D eigenvalue weighted by molar-refractivity contribution is 0.263. The monoisotopic (exact) mass is 668 g/mol. The van der Waals surface area contributed by atoms with Crippen molar-refractivity contribution >= 4 is 55.2 Å². The van der Waals surface area contributed by atoms with Gasteiger partial charge in [0.15, 0.2) is 0 Å². The predicted octanol–water partition coefficient (Wildman–Crippen LogP) is 7.88. The van der Waals surface area contributed by atoms with Crippen molar-refractivity contribution in [2.75, 3.05) is 26.4 Å². The Morgan fingerprint density at radius 3 is 1.35 bits per heavy atom. The molecule has 0 radical (unpaired) electrons. The summed E-state index contributed by atoms with van der Waals surface area (Å²) in [5, 5.41) is 4.30. The number of epoxide rings is 2. The van der Waals surface area contributed by atoms with Crippen LogP contribution in [0, 0.1) is 0 Å². The summed E-state index contributed by atoms with van der Waals surface area (Å²) in [6.07, 6.45) is 3.97. The van der Waals surface area contributed by atoms with Gasteiger partial charge in [0.05, 0.1) is 34.4 Å². The third kappa shape index (κ3) is 7.54. The minimum atomic E-state index is -3.71. The van der Waals surface area contributed by atoms with Crippen molar-refractivity contribution in [3.05, 3.63) is 132 Å². The van der Waals surface area contributed by atoms with E-state index in [0.717, 1.165) is 57.4 Å². The number of sulfone groups is 1. The van der Waals surface area contributed by atoms with Crippen LogP contribution < -0.4 is 9.47 Å². The molecule has 2 aliphatic rings. The second-order valence-corrected chi connectivity index (χ2v) is 14.0. The van der Waals surface area contributed by atoms with Crippen LogP contribution in [0.2, 0.25) is 0 Å². The van der Waals surface area contributed by atoms with Gasteiger partial charge in [0.1, 0.15) is 36.9 Å². The van der Waals surface area contributed by atoms with E-state index < -0.39 is 9.84 Å². The summed E-state index contributed by atoms with van der Waals surface area (Å²) in [6.45, 7) is 2.68. The van der Waals surface area contributed by atoms with E-state index in [4.69, 9.17) is 18.9 Å². The van der Waals surface area contributed by atoms with Gasteiger partial charge in [-0.05, 0) is 118 Å². The van der Waals surface area contributed by atoms with E-state index in [2.05, 4.69) is 22.1 Å². The zero-order valence-electron chi connectivity index (χ0n) is 26.4. The van der Waals surface area contributed by atoms with Gasteiger partial charge in [0.2, 0.25) is 9.84 Å². The molecule has 0 spiro atoms. The lowest BCUT2D eigenvalue weighted by Gasteiger charge is -2.07. The average molecular weight is 669 g/mol. The van der Waals surface area contributed by atoms with Gasteiger partial charge in [0, 0.05) is 12.4 Å². The van der Waals surface area contributed by atoms with Crippen LogP contribution in [0.25, 0.3) is 21.5 Å². The third-order valence-electron chi connectivity index (χ3n) is 8.37. The maximum absolute atomic E-state index is 13.4. The second kappa shape index (κ2) is 13.3. The fraction of sp³-hybridized carbons (Fsp3) is 0.150. The van der Waals surface area contributed by atoms with Crippen LogP contribution in [-0.4, -0.2) is 59.5 Å². The molecule has 2 heterocycles. The van der Waals surface area contributed by atoms with Crippen LogP contribution >= 0.6 is 0 Å². The molecule has 0 saturated carbocycles. The Kier molecular flexibility index (Phi) is 8.39. The number of aliphatic imine (C=N–C) groups is 2. The Hall–Kier alpha value is -5.35. The van der Waals surface area contributed by atoms with Crippen molar-refractivity contribution < 1.29 is 27.4 Å². The molecule has 6 aromatic rings. The second-order valence-electron chi connectivity index (χ2n) is 12.1. The Balaban J connectivity index is 0.895. The molecule has 0 aromatic heterocycles. The predicted molar refractivity (Wildman–Crippen MR) is 191 cm³/mol. The number of benzene rings is 6. The molecule has 2 fully saturated rings. The molecule has 0 aliphatic carbocycles. The normalized spacial score (nSPS) is 17.2. The summed E-state index contributed by atoms with van der Waals surface area (Å²) in [6, 6.07) is 37.3. The van der Waals surface area contributed by atoms with E-state index in [1.54, 1.807) is 61.0 Å². The van der Waals surface area contributed by atoms with Gasteiger partial charge in [-0.15, -0.1) is 0 Å². The quantitative estimate of drug-likeness (QED) is 0.0971. The van der Waals surface area contributed by atoms with Crippen molar-refractivity contribution in [2.24, 2.45) is 9.98 Å². The van der Waals surface area contributed by atoms with E-state index in [0.29, 0.717) is 24.6 Å². The molecule has 0 N–H and O–H groups in total. The summed E-state index contributed by atoms with van der Waals surface area (Å²) < 4.78 is 48.7. The number of ether oxygens (including phenoxy) is 4. The van der Waals surface area contributed by atoms with Crippen molar-refractivity contribution in [3.63, 3.8) is 0 Å². The lowest BCUT2D eigenvalue weighted by atomic mass is 10.1. The summed E-state index contributed by atoms with van der Waals surface area (Å²) in [5.41, 5.74) is 3.18. The van der Waals surface area contributed by atoms with Crippen molar-refractivity contribution in [1.82, 2.24) is 0 Å². The summed E-state index contributed by atoms with van der Waals surface area (Å²) in [4.78, 5) is 9.52. The smallest absolute Gasteiger partial charge is 0.206 e. The minimum Gasteiger partial charge on any atom is -0.491 e. The number of rotatable bonds is 12. The highest BCUT2D eigenvalue weighted by Crippen LogP contribution is 2.27. The highest BCUT2D eigenvalue weighted by molar-refractivity contribution is 7.91. The van der Waals surface area contributed by atoms with E-state index in [1.807, 2.05) is 60.7 Å². The van der Waals surface area contributed by atoms with Crippen LogP contribution in [0.4, 0.5) is 11.4 Å². The van der Waals surface area contributed by atoms with Gasteiger partial charge in [0.25, 0.3) is 0 Å². The van der Waals surface area contributed by atoms with Gasteiger partial charge in [-0.1, -0.05) is 36.4 Å². The van der Waals surface area contributed by atoms with E-state index in [9.17, 15) is 8.42 Å². The molecule has 0 amide bonds. The lowest BCUT2D eigenvalue weighted by Crippen LogP contribution is -2.03. The van der Waals surface area contributed by atoms with Crippen LogP contribution in [0.1, 0.15) is 11.1 Å². The molecule has 2 atom stereocenters. The first-order chi connectivity index (χ1) is 23.9. The summed E-state index contributed by atoms with van der Waals surface area (Å²) >= 11 is 0. The zero-order valence-corrected chi connectivity index (χ0v) is 27.3. The number of hydrogen-bond donors (Lipinski definition) is 0. The highest BCUT2D eigenvalue weighted by atomic mass is 32.2. The Labute approximate surface area is 284 Å². The summed E-state index contributed by atoms with van der Waals surface area (Å²) in [5.74, 6) is 1.64. The first-order valence-electron chi connectivity index (χ1n) is 16.0. The molecule has 2 saturated heterocycles. The number of fused-ring (bicyclic) bond motifs is 2. The summed E-state index contributed by atoms with van der Waals surface area (Å²) in [7, 11) is -3.71. The molecular formula is C40H32N2O6S. The van der Waals surface area contributed by atoms with Crippen LogP contribution in [-0.2, 0) is 19.3 Å². The molecule has 49 heavy (non-hydrogen) atoms. The maximum Gasteiger partial charge on any atom is 0.206 e. The van der Waals surface area contributed by atoms with Crippen LogP contribution in [0.15, 0.2) is 141 Å². The van der Waals surface area contributed by atoms with Gasteiger partial charge >= 0.3 is 0 Å². The van der Waals surface area contributed by atoms with Crippen LogP contribution in [0.5, 0.6) is 11.5 Å². The standard InChI is InChI=1S/C40H32N2O6S/c43-49(44,39-13-7-33(8-14-39)41-21-27-1-3-31-19-35(11-5-29(31)17-27)45-23-37-25-47-37)40-15-9-34(10-16-40)42-22-28-2-4-32-20-36(12-6-30(32)18-28)46-24-38-26-48-38/h1-22,37-38H,23-26H2. The van der Waals surface area contributed by atoms with Crippen molar-refractivity contribution in [3.8, 4) is 11.5 Å². The van der Waals surface area contributed by atoms with E-state index in [-0.39, 0.29) is 22.0 Å². The largest absolute Gasteiger partial charge is 0.491 e. The first-order valence-corrected chi connectivity index (χ1v) is 17.5. The highest BCUT2D eigenvalue weighted by Gasteiger charge is 2.24. The molecule has 2 unspecified atom stereocenters. The molecule has 6 aromatic carbocycles. The molecule has 2 aliphatic heterocycles. The topological polar surface area (TPSA) is 102 Å². The Morgan fingerprint density at radius 2 is 0.939 bits per heavy atom. The van der Waals surface area contributed by atoms with Gasteiger partial charge in [-0.2, -0.15) is 0 Å². The molecule has 8 rings (SSSR count). The Morgan fingerprint density at radius 1 is 0.551 bits per heavy atom. The van der Waals surface area contributed by atoms with Gasteiger partial charge < -0.3 is 18.9 Å². The zero-order chi connectivity index (χ0) is 33.2. The first kappa shape index (κ1) is 31.0. The van der Waals surface area contributed by atoms with Crippen molar-refractivity contribution in [1.29, 1.82) is 0 Å². The molecule has 8 nitrogen and oxygen atoms in total. The Bertz CT molecular complexity index is 2150.